The lowest BCUT2D eigenvalue weighted by Gasteiger charge is -2.39. The van der Waals surface area contributed by atoms with Crippen LogP contribution in [0.1, 0.15) is 38.8 Å². The Bertz CT molecular complexity index is 1180. The molecule has 0 aliphatic carbocycles. The summed E-state index contributed by atoms with van der Waals surface area (Å²) in [4.78, 5) is 56.5. The van der Waals surface area contributed by atoms with Gasteiger partial charge in [0.2, 0.25) is 0 Å². The number of aliphatic imine (C=N–C) groups is 1. The molecule has 2 aromatic rings. The minimum atomic E-state index is -0.929. The lowest BCUT2D eigenvalue weighted by atomic mass is 9.86. The normalized spacial score (nSPS) is 17.3. The van der Waals surface area contributed by atoms with Gasteiger partial charge in [-0.2, -0.15) is 0 Å². The van der Waals surface area contributed by atoms with E-state index in [1.165, 1.54) is 28.0 Å². The van der Waals surface area contributed by atoms with E-state index in [0.29, 0.717) is 24.2 Å². The van der Waals surface area contributed by atoms with Crippen molar-refractivity contribution < 1.29 is 24.0 Å². The zero-order valence-electron chi connectivity index (χ0n) is 21.3. The van der Waals surface area contributed by atoms with Gasteiger partial charge in [0, 0.05) is 43.7 Å². The van der Waals surface area contributed by atoms with E-state index in [2.05, 4.69) is 10.3 Å². The number of nitro benzene ring substituents is 1. The molecule has 2 unspecified atom stereocenters. The Hall–Kier alpha value is -4.28. The van der Waals surface area contributed by atoms with Crippen LogP contribution in [-0.4, -0.2) is 64.7 Å². The predicted molar refractivity (Wildman–Crippen MR) is 138 cm³/mol. The van der Waals surface area contributed by atoms with Crippen LogP contribution in [0.2, 0.25) is 0 Å². The Kier molecular flexibility index (Phi) is 8.94. The first kappa shape index (κ1) is 27.3. The first-order chi connectivity index (χ1) is 17.6. The topological polar surface area (TPSA) is 134 Å². The molecular weight excluding hydrogens is 478 g/mol. The average Bonchev–Trinajstić information content (AvgIpc) is 2.85. The van der Waals surface area contributed by atoms with Gasteiger partial charge >= 0.3 is 18.0 Å². The Morgan fingerprint density at radius 1 is 1.19 bits per heavy atom. The molecule has 2 atom stereocenters. The molecule has 11 nitrogen and oxygen atoms in total. The van der Waals surface area contributed by atoms with E-state index < -0.39 is 35.0 Å². The van der Waals surface area contributed by atoms with Crippen LogP contribution in [0.15, 0.2) is 59.6 Å². The molecule has 11 heteroatoms. The van der Waals surface area contributed by atoms with Crippen molar-refractivity contribution in [3.8, 4) is 0 Å². The summed E-state index contributed by atoms with van der Waals surface area (Å²) in [6.07, 6.45) is -0.00921. The summed E-state index contributed by atoms with van der Waals surface area (Å²) < 4.78 is 5.45. The molecule has 0 saturated carbocycles. The Morgan fingerprint density at radius 2 is 1.89 bits per heavy atom. The van der Waals surface area contributed by atoms with E-state index in [-0.39, 0.29) is 24.0 Å². The Morgan fingerprint density at radius 3 is 2.54 bits per heavy atom. The van der Waals surface area contributed by atoms with E-state index >= 15 is 0 Å². The molecule has 1 N–H and O–H groups in total. The third-order valence-corrected chi connectivity index (χ3v) is 5.91. The number of carbonyl (C=O) groups is 3. The molecule has 0 spiro atoms. The number of amides is 4. The van der Waals surface area contributed by atoms with E-state index in [4.69, 9.17) is 4.74 Å². The van der Waals surface area contributed by atoms with Crippen molar-refractivity contribution in [3.63, 3.8) is 0 Å². The molecule has 4 amide bonds. The second-order valence-electron chi connectivity index (χ2n) is 9.06. The number of nitrogens with zero attached hydrogens (tertiary/aromatic N) is 4. The standard InChI is InChI=1S/C26H31N5O6/c1-17(2)37-24(32)22-18(3)27-26(34)30(23(22)19-10-8-13-21(16-19)31(35)36)15-9-14-29(4)25(33)28-20-11-6-5-7-12-20/h5-8,10-13,16-17,22-23H,9,14-15H2,1-4H3,(H,28,33). The van der Waals surface area contributed by atoms with Crippen molar-refractivity contribution in [1.29, 1.82) is 0 Å². The number of urea groups is 2. The number of non-ortho nitro benzene ring substituents is 1. The van der Waals surface area contributed by atoms with Crippen molar-refractivity contribution in [2.24, 2.45) is 10.9 Å². The highest BCUT2D eigenvalue weighted by Gasteiger charge is 2.43. The van der Waals surface area contributed by atoms with Crippen molar-refractivity contribution >= 4 is 35.1 Å². The molecule has 1 aliphatic heterocycles. The molecule has 1 aliphatic rings. The maximum Gasteiger partial charge on any atom is 0.344 e. The van der Waals surface area contributed by atoms with Gasteiger partial charge in [-0.05, 0) is 44.9 Å². The fraction of sp³-hybridized carbons (Fsp3) is 0.385. The number of hydrogen-bond donors (Lipinski definition) is 1. The van der Waals surface area contributed by atoms with E-state index in [1.54, 1.807) is 46.0 Å². The number of carbonyl (C=O) groups excluding carboxylic acids is 3. The fourth-order valence-corrected chi connectivity index (χ4v) is 4.17. The van der Waals surface area contributed by atoms with Gasteiger partial charge in [-0.15, -0.1) is 0 Å². The average molecular weight is 510 g/mol. The summed E-state index contributed by atoms with van der Waals surface area (Å²) in [5.41, 5.74) is 1.21. The molecule has 0 fully saturated rings. The maximum atomic E-state index is 13.1. The number of esters is 1. The molecule has 2 aromatic carbocycles. The van der Waals surface area contributed by atoms with Gasteiger partial charge in [0.25, 0.3) is 5.69 Å². The van der Waals surface area contributed by atoms with Gasteiger partial charge in [-0.25, -0.2) is 14.6 Å². The van der Waals surface area contributed by atoms with Crippen molar-refractivity contribution in [2.45, 2.75) is 39.3 Å². The molecule has 0 aromatic heterocycles. The van der Waals surface area contributed by atoms with E-state index in [0.717, 1.165) is 0 Å². The predicted octanol–water partition coefficient (Wildman–Crippen LogP) is 4.65. The minimum Gasteiger partial charge on any atom is -0.462 e. The lowest BCUT2D eigenvalue weighted by Crippen LogP contribution is -2.48. The van der Waals surface area contributed by atoms with Crippen LogP contribution in [0.4, 0.5) is 21.0 Å². The third kappa shape index (κ3) is 6.90. The quantitative estimate of drug-likeness (QED) is 0.297. The lowest BCUT2D eigenvalue weighted by molar-refractivity contribution is -0.385. The molecule has 1 heterocycles. The van der Waals surface area contributed by atoms with Crippen LogP contribution >= 0.6 is 0 Å². The molecule has 37 heavy (non-hydrogen) atoms. The van der Waals surface area contributed by atoms with Crippen LogP contribution in [0.25, 0.3) is 0 Å². The summed E-state index contributed by atoms with van der Waals surface area (Å²) >= 11 is 0. The number of benzene rings is 2. The smallest absolute Gasteiger partial charge is 0.344 e. The molecule has 0 radical (unpaired) electrons. The van der Waals surface area contributed by atoms with Crippen LogP contribution < -0.4 is 5.32 Å². The monoisotopic (exact) mass is 509 g/mol. The largest absolute Gasteiger partial charge is 0.462 e. The second kappa shape index (κ2) is 12.1. The van der Waals surface area contributed by atoms with Crippen LogP contribution in [-0.2, 0) is 9.53 Å². The number of nitro groups is 1. The molecule has 196 valence electrons. The van der Waals surface area contributed by atoms with Crippen molar-refractivity contribution in [3.05, 3.63) is 70.3 Å². The summed E-state index contributed by atoms with van der Waals surface area (Å²) in [5, 5.41) is 14.2. The first-order valence-electron chi connectivity index (χ1n) is 12.0. The first-order valence-corrected chi connectivity index (χ1v) is 12.0. The highest BCUT2D eigenvalue weighted by atomic mass is 16.6. The van der Waals surface area contributed by atoms with Gasteiger partial charge in [0.05, 0.1) is 17.1 Å². The molecule has 0 saturated heterocycles. The molecular formula is C26H31N5O6. The van der Waals surface area contributed by atoms with Crippen molar-refractivity contribution in [2.75, 3.05) is 25.5 Å². The van der Waals surface area contributed by atoms with Crippen molar-refractivity contribution in [1.82, 2.24) is 9.80 Å². The Balaban J connectivity index is 1.82. The number of nitrogens with one attached hydrogen (secondary N) is 1. The van der Waals surface area contributed by atoms with E-state index in [1.807, 2.05) is 18.2 Å². The fourth-order valence-electron chi connectivity index (χ4n) is 4.17. The number of para-hydroxylation sites is 1. The summed E-state index contributed by atoms with van der Waals surface area (Å²) in [6.45, 7) is 5.49. The maximum absolute atomic E-state index is 13.1. The zero-order chi connectivity index (χ0) is 27.1. The van der Waals surface area contributed by atoms with Gasteiger partial charge in [-0.1, -0.05) is 30.3 Å². The van der Waals surface area contributed by atoms with Gasteiger partial charge < -0.3 is 19.9 Å². The second-order valence-corrected chi connectivity index (χ2v) is 9.06. The van der Waals surface area contributed by atoms with Crippen LogP contribution in [0.5, 0.6) is 0 Å². The van der Waals surface area contributed by atoms with Gasteiger partial charge in [0.1, 0.15) is 5.92 Å². The minimum absolute atomic E-state index is 0.154. The molecule has 3 rings (SSSR count). The highest BCUT2D eigenvalue weighted by Crippen LogP contribution is 2.36. The number of rotatable bonds is 9. The van der Waals surface area contributed by atoms with Gasteiger partial charge in [0.15, 0.2) is 0 Å². The summed E-state index contributed by atoms with van der Waals surface area (Å²) in [5.74, 6) is -1.49. The van der Waals surface area contributed by atoms with Crippen LogP contribution in [0.3, 0.4) is 0 Å². The number of anilines is 1. The zero-order valence-corrected chi connectivity index (χ0v) is 21.3. The SMILES string of the molecule is CC1=NC(=O)N(CCCN(C)C(=O)Nc2ccccc2)C(c2cccc([N+](=O)[O-])c2)C1C(=O)OC(C)C. The number of hydrogen-bond acceptors (Lipinski definition) is 6. The highest BCUT2D eigenvalue weighted by molar-refractivity contribution is 6.08. The molecule has 0 bridgehead atoms. The van der Waals surface area contributed by atoms with Gasteiger partial charge in [-0.3, -0.25) is 14.9 Å². The van der Waals surface area contributed by atoms with Crippen LogP contribution in [0, 0.1) is 16.0 Å². The summed E-state index contributed by atoms with van der Waals surface area (Å²) in [6, 6.07) is 13.2. The van der Waals surface area contributed by atoms with E-state index in [9.17, 15) is 24.5 Å². The third-order valence-electron chi connectivity index (χ3n) is 5.91. The Labute approximate surface area is 215 Å². The number of ether oxygens (including phenoxy) is 1. The summed E-state index contributed by atoms with van der Waals surface area (Å²) in [7, 11) is 1.64.